The number of carbonyl (C=O) groups is 3. The van der Waals surface area contributed by atoms with Crippen molar-refractivity contribution in [1.29, 1.82) is 0 Å². The van der Waals surface area contributed by atoms with Gasteiger partial charge in [0, 0.05) is 48.8 Å². The number of nitrogens with one attached hydrogen (secondary N) is 3. The monoisotopic (exact) mass is 693 g/mol. The normalized spacial score (nSPS) is 15.1. The van der Waals surface area contributed by atoms with Crippen LogP contribution in [0.5, 0.6) is 11.5 Å². The van der Waals surface area contributed by atoms with Gasteiger partial charge in [-0.25, -0.2) is 41.6 Å². The molecule has 0 saturated carbocycles. The van der Waals surface area contributed by atoms with E-state index in [9.17, 15) is 27.2 Å². The minimum absolute atomic E-state index is 0.00292. The molecule has 1 aliphatic rings. The molecule has 0 spiro atoms. The van der Waals surface area contributed by atoms with Crippen molar-refractivity contribution in [2.24, 2.45) is 5.92 Å². The number of hydrogen-bond donors (Lipinski definition) is 3. The van der Waals surface area contributed by atoms with Crippen LogP contribution in [0.25, 0.3) is 0 Å². The van der Waals surface area contributed by atoms with Gasteiger partial charge in [-0.1, -0.05) is 0 Å². The summed E-state index contributed by atoms with van der Waals surface area (Å²) in [6.45, 7) is 6.68. The summed E-state index contributed by atoms with van der Waals surface area (Å²) in [5.41, 5.74) is 0.155. The fourth-order valence-corrected chi connectivity index (χ4v) is 6.06. The number of carbonyl (C=O) groups excluding carboxylic acids is 3. The summed E-state index contributed by atoms with van der Waals surface area (Å²) in [4.78, 5) is 50.3. The van der Waals surface area contributed by atoms with Crippen LogP contribution in [0.1, 0.15) is 27.7 Å². The smallest absolute Gasteiger partial charge is 0.331 e. The average molecular weight is 694 g/mol. The molecule has 2 aromatic heterocycles. The van der Waals surface area contributed by atoms with Crippen LogP contribution in [0.2, 0.25) is 0 Å². The maximum Gasteiger partial charge on any atom is 0.331 e. The molecule has 5 rings (SSSR count). The molecule has 4 amide bonds. The summed E-state index contributed by atoms with van der Waals surface area (Å²) < 4.78 is 61.6. The Bertz CT molecular complexity index is 1980. The summed E-state index contributed by atoms with van der Waals surface area (Å²) >= 11 is 0. The molecule has 4 aromatic rings. The Morgan fingerprint density at radius 2 is 1.67 bits per heavy atom. The Morgan fingerprint density at radius 1 is 0.939 bits per heavy atom. The van der Waals surface area contributed by atoms with Crippen LogP contribution in [-0.4, -0.2) is 59.8 Å². The van der Waals surface area contributed by atoms with Crippen molar-refractivity contribution in [3.63, 3.8) is 0 Å². The number of halogens is 2. The zero-order valence-corrected chi connectivity index (χ0v) is 27.7. The Labute approximate surface area is 281 Å². The third-order valence-electron chi connectivity index (χ3n) is 7.21. The summed E-state index contributed by atoms with van der Waals surface area (Å²) in [6, 6.07) is 13.0. The largest absolute Gasteiger partial charge is 0.454 e. The number of anilines is 4. The highest BCUT2D eigenvalue weighted by Gasteiger charge is 2.44. The number of nitrogens with zero attached hydrogens (tertiary/aromatic N) is 4. The van der Waals surface area contributed by atoms with Crippen LogP contribution >= 0.6 is 0 Å². The third-order valence-corrected chi connectivity index (χ3v) is 8.86. The van der Waals surface area contributed by atoms with E-state index in [1.54, 1.807) is 27.7 Å². The molecule has 1 fully saturated rings. The molecule has 0 radical (unpaired) electrons. The van der Waals surface area contributed by atoms with E-state index in [0.29, 0.717) is 5.82 Å². The van der Waals surface area contributed by atoms with Gasteiger partial charge in [0.2, 0.25) is 21.8 Å². The Balaban J connectivity index is 1.26. The van der Waals surface area contributed by atoms with Gasteiger partial charge in [0.1, 0.15) is 34.0 Å². The maximum atomic E-state index is 15.2. The zero-order valence-electron chi connectivity index (χ0n) is 26.8. The number of benzene rings is 2. The molecule has 1 atom stereocenters. The van der Waals surface area contributed by atoms with Gasteiger partial charge in [0.05, 0.1) is 5.69 Å². The van der Waals surface area contributed by atoms with E-state index in [2.05, 4.69) is 25.3 Å². The number of hydrogen-bond acceptors (Lipinski definition) is 9. The molecular formula is C33H33F2N7O6S. The predicted octanol–water partition coefficient (Wildman–Crippen LogP) is 5.41. The molecule has 256 valence electrons. The first-order chi connectivity index (χ1) is 23.2. The molecule has 0 bridgehead atoms. The van der Waals surface area contributed by atoms with Crippen LogP contribution in [0.4, 0.5) is 36.6 Å². The second kappa shape index (κ2) is 14.3. The topological polar surface area (TPSA) is 163 Å². The molecule has 2 aromatic carbocycles. The quantitative estimate of drug-likeness (QED) is 0.174. The summed E-state index contributed by atoms with van der Waals surface area (Å²) in [5, 5.41) is 5.47. The Hall–Kier alpha value is -5.48. The predicted molar refractivity (Wildman–Crippen MR) is 177 cm³/mol. The standard InChI is InChI=1S/C33H33F2N7O6S/c1-19(2)40-49(46,47)25-10-12-29(37-17-25)39-30-16-24(13-14-36-30)48-28-11-7-22(15-27(28)35)38-31(43)26-18-41(20(3)4)33(45)42(32(26)44)23-8-5-21(34)6-9-23/h5-17,19-20,26,40H,18H2,1-4H3,(H,38,43)(H,36,37,39). The Kier molecular flexibility index (Phi) is 10.2. The fraction of sp³-hybridized carbons (Fsp3) is 0.242. The molecule has 1 unspecified atom stereocenters. The van der Waals surface area contributed by atoms with Crippen molar-refractivity contribution in [3.05, 3.63) is 90.8 Å². The van der Waals surface area contributed by atoms with Gasteiger partial charge in [-0.15, -0.1) is 0 Å². The van der Waals surface area contributed by atoms with E-state index >= 15 is 4.39 Å². The molecule has 3 N–H and O–H groups in total. The number of rotatable bonds is 11. The minimum Gasteiger partial charge on any atom is -0.454 e. The number of pyridine rings is 2. The second-order valence-electron chi connectivity index (χ2n) is 11.6. The maximum absolute atomic E-state index is 15.2. The van der Waals surface area contributed by atoms with Crippen molar-refractivity contribution < 1.29 is 36.3 Å². The van der Waals surface area contributed by atoms with Crippen LogP contribution < -0.4 is 25.0 Å². The number of aromatic nitrogens is 2. The van der Waals surface area contributed by atoms with Crippen molar-refractivity contribution in [2.45, 2.75) is 44.7 Å². The van der Waals surface area contributed by atoms with Crippen molar-refractivity contribution in [3.8, 4) is 11.5 Å². The first-order valence-electron chi connectivity index (χ1n) is 15.1. The van der Waals surface area contributed by atoms with Crippen molar-refractivity contribution >= 4 is 50.9 Å². The molecule has 3 heterocycles. The van der Waals surface area contributed by atoms with Gasteiger partial charge < -0.3 is 20.3 Å². The van der Waals surface area contributed by atoms with Crippen molar-refractivity contribution in [2.75, 3.05) is 22.1 Å². The SMILES string of the molecule is CC(C)NS(=O)(=O)c1ccc(Nc2cc(Oc3ccc(NC(=O)C4CN(C(C)C)C(=O)N(c5ccc(F)cc5)C4=O)cc3F)ccn2)nc1. The lowest BCUT2D eigenvalue weighted by molar-refractivity contribution is -0.132. The van der Waals surface area contributed by atoms with E-state index in [4.69, 9.17) is 4.74 Å². The van der Waals surface area contributed by atoms with E-state index in [1.165, 1.54) is 65.8 Å². The zero-order chi connectivity index (χ0) is 35.5. The van der Waals surface area contributed by atoms with Gasteiger partial charge in [-0.05, 0) is 82.3 Å². The van der Waals surface area contributed by atoms with E-state index in [-0.39, 0.29) is 52.2 Å². The summed E-state index contributed by atoms with van der Waals surface area (Å²) in [5.74, 6) is -3.63. The molecule has 16 heteroatoms. The second-order valence-corrected chi connectivity index (χ2v) is 13.3. The summed E-state index contributed by atoms with van der Waals surface area (Å²) in [7, 11) is -3.71. The van der Waals surface area contributed by atoms with Crippen LogP contribution in [0.15, 0.2) is 84.0 Å². The highest BCUT2D eigenvalue weighted by Crippen LogP contribution is 2.30. The molecular weight excluding hydrogens is 660 g/mol. The number of sulfonamides is 1. The van der Waals surface area contributed by atoms with Gasteiger partial charge in [-0.3, -0.25) is 9.59 Å². The lowest BCUT2D eigenvalue weighted by Gasteiger charge is -2.39. The van der Waals surface area contributed by atoms with Crippen LogP contribution in [-0.2, 0) is 19.6 Å². The van der Waals surface area contributed by atoms with Gasteiger partial charge >= 0.3 is 6.03 Å². The molecule has 49 heavy (non-hydrogen) atoms. The highest BCUT2D eigenvalue weighted by atomic mass is 32.2. The lowest BCUT2D eigenvalue weighted by Crippen LogP contribution is -2.61. The molecule has 0 aliphatic carbocycles. The lowest BCUT2D eigenvalue weighted by atomic mass is 10.0. The summed E-state index contributed by atoms with van der Waals surface area (Å²) in [6.07, 6.45) is 2.62. The number of imide groups is 1. The van der Waals surface area contributed by atoms with Crippen LogP contribution in [0, 0.1) is 17.6 Å². The average Bonchev–Trinajstić information content (AvgIpc) is 3.03. The van der Waals surface area contributed by atoms with Gasteiger partial charge in [0.15, 0.2) is 11.6 Å². The highest BCUT2D eigenvalue weighted by molar-refractivity contribution is 7.89. The molecule has 13 nitrogen and oxygen atoms in total. The third kappa shape index (κ3) is 8.16. The number of amides is 4. The fourth-order valence-electron chi connectivity index (χ4n) is 4.87. The van der Waals surface area contributed by atoms with Crippen LogP contribution in [0.3, 0.4) is 0 Å². The Morgan fingerprint density at radius 3 is 2.31 bits per heavy atom. The van der Waals surface area contributed by atoms with Gasteiger partial charge in [0.25, 0.3) is 0 Å². The molecule has 1 aliphatic heterocycles. The van der Waals surface area contributed by atoms with E-state index in [0.717, 1.165) is 23.1 Å². The van der Waals surface area contributed by atoms with Gasteiger partial charge in [-0.2, -0.15) is 0 Å². The van der Waals surface area contributed by atoms with E-state index in [1.807, 2.05) is 0 Å². The minimum atomic E-state index is -3.71. The molecule has 1 saturated heterocycles. The number of ether oxygens (including phenoxy) is 1. The van der Waals surface area contributed by atoms with E-state index < -0.39 is 45.4 Å². The first-order valence-corrected chi connectivity index (χ1v) is 16.6. The first kappa shape index (κ1) is 34.8. The van der Waals surface area contributed by atoms with Crippen molar-refractivity contribution in [1.82, 2.24) is 19.6 Å². The number of urea groups is 1.